The van der Waals surface area contributed by atoms with E-state index >= 15 is 0 Å². The van der Waals surface area contributed by atoms with Gasteiger partial charge in [0.1, 0.15) is 0 Å². The molecule has 0 aromatic carbocycles. The summed E-state index contributed by atoms with van der Waals surface area (Å²) in [6, 6.07) is -0.203. The summed E-state index contributed by atoms with van der Waals surface area (Å²) >= 11 is 0. The number of likely N-dealkylation sites (tertiary alicyclic amines) is 1. The quantitative estimate of drug-likeness (QED) is 0.643. The molecule has 0 aliphatic carbocycles. The fourth-order valence-electron chi connectivity index (χ4n) is 2.07. The molecule has 3 N–H and O–H groups in total. The molecule has 0 radical (unpaired) electrons. The summed E-state index contributed by atoms with van der Waals surface area (Å²) < 4.78 is 0. The molecule has 13 heavy (non-hydrogen) atoms. The van der Waals surface area contributed by atoms with Crippen molar-refractivity contribution in [1.82, 2.24) is 4.90 Å². The molecule has 1 fully saturated rings. The lowest BCUT2D eigenvalue weighted by molar-refractivity contribution is -0.153. The van der Waals surface area contributed by atoms with Crippen LogP contribution in [-0.4, -0.2) is 42.2 Å². The fraction of sp³-hybridized carbons (Fsp3) is 0.889. The van der Waals surface area contributed by atoms with Gasteiger partial charge in [0, 0.05) is 12.6 Å². The van der Waals surface area contributed by atoms with E-state index < -0.39 is 11.4 Å². The van der Waals surface area contributed by atoms with Crippen molar-refractivity contribution in [2.24, 2.45) is 11.1 Å². The van der Waals surface area contributed by atoms with Gasteiger partial charge >= 0.3 is 5.97 Å². The normalized spacial score (nSPS) is 36.1. The Balaban J connectivity index is 2.86. The van der Waals surface area contributed by atoms with Crippen molar-refractivity contribution in [2.45, 2.75) is 25.8 Å². The number of carboxylic acids is 1. The summed E-state index contributed by atoms with van der Waals surface area (Å²) in [5.41, 5.74) is 5.15. The van der Waals surface area contributed by atoms with Crippen LogP contribution in [0.4, 0.5) is 0 Å². The summed E-state index contributed by atoms with van der Waals surface area (Å²) in [4.78, 5) is 13.2. The van der Waals surface area contributed by atoms with Gasteiger partial charge in [0.05, 0.1) is 5.41 Å². The third-order valence-corrected chi connectivity index (χ3v) is 3.14. The third-order valence-electron chi connectivity index (χ3n) is 3.14. The maximum absolute atomic E-state index is 11.2. The highest BCUT2D eigenvalue weighted by Gasteiger charge is 2.45. The molecule has 1 saturated heterocycles. The van der Waals surface area contributed by atoms with Crippen molar-refractivity contribution in [3.8, 4) is 0 Å². The number of carbonyl (C=O) groups is 1. The first-order chi connectivity index (χ1) is 6.03. The molecular weight excluding hydrogens is 168 g/mol. The first kappa shape index (κ1) is 10.5. The monoisotopic (exact) mass is 186 g/mol. The largest absolute Gasteiger partial charge is 0.481 e. The molecule has 2 unspecified atom stereocenters. The van der Waals surface area contributed by atoms with Crippen LogP contribution in [0.25, 0.3) is 0 Å². The molecule has 0 aromatic rings. The van der Waals surface area contributed by atoms with Crippen LogP contribution in [0.2, 0.25) is 0 Å². The number of aliphatic carboxylic acids is 1. The number of hydrogen-bond acceptors (Lipinski definition) is 3. The Labute approximate surface area is 78.7 Å². The number of nitrogens with zero attached hydrogens (tertiary/aromatic N) is 1. The van der Waals surface area contributed by atoms with Crippen molar-refractivity contribution in [2.75, 3.05) is 20.1 Å². The van der Waals surface area contributed by atoms with Gasteiger partial charge in [0.25, 0.3) is 0 Å². The highest BCUT2D eigenvalue weighted by molar-refractivity contribution is 5.76. The van der Waals surface area contributed by atoms with Crippen LogP contribution in [0.5, 0.6) is 0 Å². The van der Waals surface area contributed by atoms with Crippen LogP contribution in [0.1, 0.15) is 19.8 Å². The van der Waals surface area contributed by atoms with Crippen LogP contribution < -0.4 is 5.73 Å². The second-order valence-corrected chi connectivity index (χ2v) is 3.95. The van der Waals surface area contributed by atoms with E-state index in [2.05, 4.69) is 0 Å². The van der Waals surface area contributed by atoms with E-state index in [1.165, 1.54) is 0 Å². The second kappa shape index (κ2) is 3.64. The number of carboxylic acid groups (broad SMARTS) is 1. The fourth-order valence-corrected chi connectivity index (χ4v) is 2.07. The van der Waals surface area contributed by atoms with Gasteiger partial charge in [0.2, 0.25) is 0 Å². The predicted molar refractivity (Wildman–Crippen MR) is 50.4 cm³/mol. The third kappa shape index (κ3) is 1.69. The van der Waals surface area contributed by atoms with E-state index in [4.69, 9.17) is 5.73 Å². The number of rotatable bonds is 2. The molecule has 1 heterocycles. The van der Waals surface area contributed by atoms with Crippen LogP contribution >= 0.6 is 0 Å². The molecular formula is C9H18N2O2. The molecule has 1 aliphatic heterocycles. The lowest BCUT2D eigenvalue weighted by atomic mass is 9.74. The van der Waals surface area contributed by atoms with Gasteiger partial charge in [-0.25, -0.2) is 0 Å². The van der Waals surface area contributed by atoms with Crippen LogP contribution in [0, 0.1) is 5.41 Å². The van der Waals surface area contributed by atoms with Gasteiger partial charge in [-0.1, -0.05) is 6.92 Å². The average Bonchev–Trinajstić information content (AvgIpc) is 2.09. The van der Waals surface area contributed by atoms with Crippen molar-refractivity contribution in [1.29, 1.82) is 0 Å². The van der Waals surface area contributed by atoms with Crippen LogP contribution in [0.3, 0.4) is 0 Å². The molecule has 0 saturated carbocycles. The van der Waals surface area contributed by atoms with Crippen LogP contribution in [0.15, 0.2) is 0 Å². The van der Waals surface area contributed by atoms with Crippen molar-refractivity contribution in [3.05, 3.63) is 0 Å². The molecule has 76 valence electrons. The van der Waals surface area contributed by atoms with Crippen molar-refractivity contribution < 1.29 is 9.90 Å². The van der Waals surface area contributed by atoms with Crippen molar-refractivity contribution >= 4 is 5.97 Å². The Morgan fingerprint density at radius 2 is 2.38 bits per heavy atom. The minimum absolute atomic E-state index is 0.203. The van der Waals surface area contributed by atoms with Crippen LogP contribution in [-0.2, 0) is 4.79 Å². The van der Waals surface area contributed by atoms with E-state index in [-0.39, 0.29) is 6.04 Å². The second-order valence-electron chi connectivity index (χ2n) is 3.95. The number of piperidine rings is 1. The van der Waals surface area contributed by atoms with Gasteiger partial charge in [-0.05, 0) is 26.4 Å². The molecule has 0 spiro atoms. The Morgan fingerprint density at radius 3 is 2.77 bits per heavy atom. The number of hydrogen-bond donors (Lipinski definition) is 2. The smallest absolute Gasteiger partial charge is 0.312 e. The lowest BCUT2D eigenvalue weighted by Gasteiger charge is -2.42. The summed E-state index contributed by atoms with van der Waals surface area (Å²) in [7, 11) is 1.94. The molecule has 1 aliphatic rings. The van der Waals surface area contributed by atoms with E-state index in [9.17, 15) is 9.90 Å². The molecule has 1 rings (SSSR count). The Kier molecular flexibility index (Phi) is 2.93. The molecule has 0 aromatic heterocycles. The highest BCUT2D eigenvalue weighted by Crippen LogP contribution is 2.32. The first-order valence-corrected chi connectivity index (χ1v) is 4.70. The van der Waals surface area contributed by atoms with E-state index in [0.717, 1.165) is 13.0 Å². The molecule has 0 amide bonds. The van der Waals surface area contributed by atoms with E-state index in [1.54, 1.807) is 0 Å². The number of nitrogens with two attached hydrogens (primary N) is 1. The highest BCUT2D eigenvalue weighted by atomic mass is 16.4. The molecule has 4 nitrogen and oxygen atoms in total. The Hall–Kier alpha value is -0.610. The van der Waals surface area contributed by atoms with Gasteiger partial charge in [0.15, 0.2) is 0 Å². The summed E-state index contributed by atoms with van der Waals surface area (Å²) in [5.74, 6) is -0.756. The zero-order valence-electron chi connectivity index (χ0n) is 8.29. The Bertz CT molecular complexity index is 208. The van der Waals surface area contributed by atoms with Gasteiger partial charge < -0.3 is 15.7 Å². The van der Waals surface area contributed by atoms with Crippen molar-refractivity contribution in [3.63, 3.8) is 0 Å². The molecule has 0 bridgehead atoms. The van der Waals surface area contributed by atoms with Gasteiger partial charge in [-0.2, -0.15) is 0 Å². The minimum atomic E-state index is -0.756. The SMILES string of the molecule is CCC1(C(=O)O)CN(C)CCC1N. The van der Waals surface area contributed by atoms with Gasteiger partial charge in [-0.3, -0.25) is 4.79 Å². The minimum Gasteiger partial charge on any atom is -0.481 e. The Morgan fingerprint density at radius 1 is 1.77 bits per heavy atom. The lowest BCUT2D eigenvalue weighted by Crippen LogP contribution is -2.58. The maximum Gasteiger partial charge on any atom is 0.312 e. The average molecular weight is 186 g/mol. The standard InChI is InChI=1S/C9H18N2O2/c1-3-9(8(12)13)6-11(2)5-4-7(9)10/h7H,3-6,10H2,1-2H3,(H,12,13). The molecule has 2 atom stereocenters. The van der Waals surface area contributed by atoms with E-state index in [0.29, 0.717) is 13.0 Å². The summed E-state index contributed by atoms with van der Waals surface area (Å²) in [6.07, 6.45) is 1.38. The zero-order valence-corrected chi connectivity index (χ0v) is 8.29. The molecule has 4 heteroatoms. The maximum atomic E-state index is 11.2. The van der Waals surface area contributed by atoms with E-state index in [1.807, 2.05) is 18.9 Å². The zero-order chi connectivity index (χ0) is 10.1. The predicted octanol–water partition coefficient (Wildman–Crippen LogP) is 0.130. The van der Waals surface area contributed by atoms with Gasteiger partial charge in [-0.15, -0.1) is 0 Å². The summed E-state index contributed by atoms with van der Waals surface area (Å²) in [5, 5.41) is 9.17. The first-order valence-electron chi connectivity index (χ1n) is 4.70. The topological polar surface area (TPSA) is 66.6 Å². The summed E-state index contributed by atoms with van der Waals surface area (Å²) in [6.45, 7) is 3.36.